The molecular formula is C13H27NO2. The number of hydrogen-bond donors (Lipinski definition) is 2. The average molecular weight is 229 g/mol. The predicted molar refractivity (Wildman–Crippen MR) is 66.5 cm³/mol. The molecule has 3 heteroatoms. The van der Waals surface area contributed by atoms with Crippen molar-refractivity contribution in [2.75, 3.05) is 26.4 Å². The van der Waals surface area contributed by atoms with E-state index in [2.05, 4.69) is 19.2 Å². The van der Waals surface area contributed by atoms with Crippen LogP contribution in [-0.4, -0.2) is 37.5 Å². The molecule has 96 valence electrons. The molecule has 1 aliphatic carbocycles. The molecule has 0 saturated heterocycles. The number of nitrogens with one attached hydrogen (secondary N) is 1. The van der Waals surface area contributed by atoms with Crippen molar-refractivity contribution >= 4 is 0 Å². The van der Waals surface area contributed by atoms with Gasteiger partial charge in [-0.1, -0.05) is 20.3 Å². The van der Waals surface area contributed by atoms with E-state index >= 15 is 0 Å². The molecule has 0 spiro atoms. The molecule has 0 aromatic rings. The Bertz CT molecular complexity index is 175. The molecular weight excluding hydrogens is 202 g/mol. The van der Waals surface area contributed by atoms with Gasteiger partial charge in [0.15, 0.2) is 0 Å². The summed E-state index contributed by atoms with van der Waals surface area (Å²) >= 11 is 0. The Balaban J connectivity index is 2.14. The Kier molecular flexibility index (Phi) is 7.01. The minimum atomic E-state index is 0.124. The molecule has 1 rings (SSSR count). The van der Waals surface area contributed by atoms with Gasteiger partial charge in [0.1, 0.15) is 0 Å². The zero-order chi connectivity index (χ0) is 11.8. The summed E-state index contributed by atoms with van der Waals surface area (Å²) in [4.78, 5) is 0. The van der Waals surface area contributed by atoms with Crippen LogP contribution in [0.2, 0.25) is 0 Å². The van der Waals surface area contributed by atoms with E-state index in [9.17, 15) is 0 Å². The van der Waals surface area contributed by atoms with Gasteiger partial charge in [0.25, 0.3) is 0 Å². The maximum atomic E-state index is 8.58. The summed E-state index contributed by atoms with van der Waals surface area (Å²) in [5, 5.41) is 12.2. The lowest BCUT2D eigenvalue weighted by Gasteiger charge is -2.35. The smallest absolute Gasteiger partial charge is 0.0698 e. The normalized spacial score (nSPS) is 30.6. The Morgan fingerprint density at radius 1 is 1.31 bits per heavy atom. The van der Waals surface area contributed by atoms with E-state index in [1.54, 1.807) is 0 Å². The lowest BCUT2D eigenvalue weighted by Crippen LogP contribution is -2.41. The Morgan fingerprint density at radius 2 is 2.12 bits per heavy atom. The van der Waals surface area contributed by atoms with Crippen LogP contribution in [-0.2, 0) is 4.74 Å². The fraction of sp³-hybridized carbons (Fsp3) is 1.00. The molecule has 0 aromatic carbocycles. The highest BCUT2D eigenvalue weighted by atomic mass is 16.5. The van der Waals surface area contributed by atoms with Gasteiger partial charge in [0, 0.05) is 12.6 Å². The fourth-order valence-electron chi connectivity index (χ4n) is 2.70. The zero-order valence-electron chi connectivity index (χ0n) is 10.7. The highest BCUT2D eigenvalue weighted by Crippen LogP contribution is 2.30. The highest BCUT2D eigenvalue weighted by molar-refractivity contribution is 4.82. The van der Waals surface area contributed by atoms with Gasteiger partial charge in [-0.15, -0.1) is 0 Å². The number of aliphatic hydroxyl groups is 1. The summed E-state index contributed by atoms with van der Waals surface area (Å²) in [5.41, 5.74) is 0. The predicted octanol–water partition coefficient (Wildman–Crippen LogP) is 1.80. The van der Waals surface area contributed by atoms with Crippen LogP contribution in [0.25, 0.3) is 0 Å². The van der Waals surface area contributed by atoms with Crippen LogP contribution in [0.5, 0.6) is 0 Å². The van der Waals surface area contributed by atoms with Crippen molar-refractivity contribution in [2.24, 2.45) is 11.8 Å². The fourth-order valence-corrected chi connectivity index (χ4v) is 2.70. The molecule has 0 bridgehead atoms. The molecule has 0 amide bonds. The van der Waals surface area contributed by atoms with E-state index in [1.165, 1.54) is 25.7 Å². The topological polar surface area (TPSA) is 41.5 Å². The Hall–Kier alpha value is -0.120. The molecule has 3 nitrogen and oxygen atoms in total. The molecule has 1 fully saturated rings. The van der Waals surface area contributed by atoms with Crippen LogP contribution in [0.15, 0.2) is 0 Å². The van der Waals surface area contributed by atoms with E-state index in [-0.39, 0.29) is 6.61 Å². The largest absolute Gasteiger partial charge is 0.394 e. The van der Waals surface area contributed by atoms with Crippen molar-refractivity contribution in [3.63, 3.8) is 0 Å². The van der Waals surface area contributed by atoms with Gasteiger partial charge >= 0.3 is 0 Å². The number of ether oxygens (including phenoxy) is 1. The van der Waals surface area contributed by atoms with E-state index in [1.807, 2.05) is 0 Å². The number of aliphatic hydroxyl groups excluding tert-OH is 1. The maximum absolute atomic E-state index is 8.58. The van der Waals surface area contributed by atoms with Crippen molar-refractivity contribution < 1.29 is 9.84 Å². The second-order valence-corrected chi connectivity index (χ2v) is 4.98. The number of rotatable bonds is 7. The summed E-state index contributed by atoms with van der Waals surface area (Å²) in [7, 11) is 0. The highest BCUT2D eigenvalue weighted by Gasteiger charge is 2.26. The first-order valence-electron chi connectivity index (χ1n) is 6.69. The molecule has 0 radical (unpaired) electrons. The first-order valence-corrected chi connectivity index (χ1v) is 6.69. The van der Waals surface area contributed by atoms with Crippen LogP contribution in [0.3, 0.4) is 0 Å². The molecule has 0 aliphatic heterocycles. The lowest BCUT2D eigenvalue weighted by atomic mass is 9.77. The first kappa shape index (κ1) is 13.9. The third-order valence-corrected chi connectivity index (χ3v) is 3.66. The van der Waals surface area contributed by atoms with E-state index in [4.69, 9.17) is 9.84 Å². The van der Waals surface area contributed by atoms with Gasteiger partial charge in [-0.3, -0.25) is 0 Å². The van der Waals surface area contributed by atoms with Gasteiger partial charge in [-0.2, -0.15) is 0 Å². The van der Waals surface area contributed by atoms with Gasteiger partial charge < -0.3 is 15.2 Å². The quantitative estimate of drug-likeness (QED) is 0.654. The summed E-state index contributed by atoms with van der Waals surface area (Å²) in [5.74, 6) is 1.73. The summed E-state index contributed by atoms with van der Waals surface area (Å²) < 4.78 is 5.25. The van der Waals surface area contributed by atoms with E-state index in [0.717, 1.165) is 18.4 Å². The molecule has 3 atom stereocenters. The molecule has 1 aliphatic rings. The van der Waals surface area contributed by atoms with Gasteiger partial charge in [0.05, 0.1) is 19.8 Å². The lowest BCUT2D eigenvalue weighted by molar-refractivity contribution is 0.0886. The van der Waals surface area contributed by atoms with Crippen molar-refractivity contribution in [3.05, 3.63) is 0 Å². The molecule has 0 heterocycles. The first-order chi connectivity index (χ1) is 7.77. The minimum Gasteiger partial charge on any atom is -0.394 e. The van der Waals surface area contributed by atoms with Crippen LogP contribution in [0.1, 0.15) is 39.5 Å². The third-order valence-electron chi connectivity index (χ3n) is 3.66. The summed E-state index contributed by atoms with van der Waals surface area (Å²) in [6.45, 7) is 6.86. The molecule has 16 heavy (non-hydrogen) atoms. The van der Waals surface area contributed by atoms with Crippen molar-refractivity contribution in [1.82, 2.24) is 5.32 Å². The summed E-state index contributed by atoms with van der Waals surface area (Å²) in [6.07, 6.45) is 5.30. The van der Waals surface area contributed by atoms with Crippen molar-refractivity contribution in [3.8, 4) is 0 Å². The van der Waals surface area contributed by atoms with Crippen molar-refractivity contribution in [1.29, 1.82) is 0 Å². The van der Waals surface area contributed by atoms with Gasteiger partial charge in [-0.05, 0) is 31.1 Å². The monoisotopic (exact) mass is 229 g/mol. The molecule has 1 saturated carbocycles. The minimum absolute atomic E-state index is 0.124. The summed E-state index contributed by atoms with van der Waals surface area (Å²) in [6, 6.07) is 0.680. The van der Waals surface area contributed by atoms with Gasteiger partial charge in [-0.25, -0.2) is 0 Å². The average Bonchev–Trinajstić information content (AvgIpc) is 2.30. The Labute approximate surface area is 99.6 Å². The molecule has 3 unspecified atom stereocenters. The van der Waals surface area contributed by atoms with Crippen molar-refractivity contribution in [2.45, 2.75) is 45.6 Å². The van der Waals surface area contributed by atoms with E-state index < -0.39 is 0 Å². The van der Waals surface area contributed by atoms with Crippen LogP contribution in [0, 0.1) is 11.8 Å². The number of hydrogen-bond acceptors (Lipinski definition) is 3. The second kappa shape index (κ2) is 8.04. The zero-order valence-corrected chi connectivity index (χ0v) is 10.7. The standard InChI is InChI=1S/C13H27NO2/c1-3-12-10-11(2)4-5-13(12)14-6-8-16-9-7-15/h11-15H,3-10H2,1-2H3. The Morgan fingerprint density at radius 3 is 2.81 bits per heavy atom. The molecule has 2 N–H and O–H groups in total. The molecule has 0 aromatic heterocycles. The van der Waals surface area contributed by atoms with Crippen LogP contribution in [0.4, 0.5) is 0 Å². The maximum Gasteiger partial charge on any atom is 0.0698 e. The third kappa shape index (κ3) is 4.81. The van der Waals surface area contributed by atoms with Crippen LogP contribution < -0.4 is 5.32 Å². The SMILES string of the molecule is CCC1CC(C)CCC1NCCOCCO. The second-order valence-electron chi connectivity index (χ2n) is 4.98. The van der Waals surface area contributed by atoms with E-state index in [0.29, 0.717) is 19.3 Å². The van der Waals surface area contributed by atoms with Crippen LogP contribution >= 0.6 is 0 Å². The van der Waals surface area contributed by atoms with Gasteiger partial charge in [0.2, 0.25) is 0 Å².